The fourth-order valence-corrected chi connectivity index (χ4v) is 3.26. The Bertz CT molecular complexity index is 793. The van der Waals surface area contributed by atoms with E-state index in [1.165, 1.54) is 0 Å². The van der Waals surface area contributed by atoms with Gasteiger partial charge in [0.2, 0.25) is 0 Å². The first kappa shape index (κ1) is 18.6. The SMILES string of the molecule is CCOc1cc2c(cc1CNC(=O)COc1ccccc1Br)O[C@@H](C)C2. The highest BCUT2D eigenvalue weighted by molar-refractivity contribution is 9.10. The quantitative estimate of drug-likeness (QED) is 0.739. The van der Waals surface area contributed by atoms with E-state index in [2.05, 4.69) is 21.2 Å². The lowest BCUT2D eigenvalue weighted by molar-refractivity contribution is -0.123. The Balaban J connectivity index is 1.61. The lowest BCUT2D eigenvalue weighted by Crippen LogP contribution is -2.28. The van der Waals surface area contributed by atoms with Gasteiger partial charge >= 0.3 is 0 Å². The van der Waals surface area contributed by atoms with Crippen LogP contribution in [0.1, 0.15) is 25.0 Å². The predicted molar refractivity (Wildman–Crippen MR) is 103 cm³/mol. The van der Waals surface area contributed by atoms with Gasteiger partial charge in [-0.1, -0.05) is 12.1 Å². The Morgan fingerprint density at radius 1 is 1.27 bits per heavy atom. The van der Waals surface area contributed by atoms with E-state index in [9.17, 15) is 4.79 Å². The van der Waals surface area contributed by atoms with Gasteiger partial charge in [0.1, 0.15) is 23.4 Å². The van der Waals surface area contributed by atoms with E-state index in [1.54, 1.807) is 0 Å². The second kappa shape index (κ2) is 8.45. The van der Waals surface area contributed by atoms with E-state index in [-0.39, 0.29) is 18.6 Å². The molecule has 6 heteroatoms. The Morgan fingerprint density at radius 2 is 2.08 bits per heavy atom. The predicted octanol–water partition coefficient (Wildman–Crippen LogP) is 3.87. The summed E-state index contributed by atoms with van der Waals surface area (Å²) in [6.07, 6.45) is 1.05. The van der Waals surface area contributed by atoms with E-state index in [0.29, 0.717) is 18.9 Å². The number of ether oxygens (including phenoxy) is 3. The Kier molecular flexibility index (Phi) is 6.04. The van der Waals surface area contributed by atoms with Crippen LogP contribution in [0.5, 0.6) is 17.2 Å². The fraction of sp³-hybridized carbons (Fsp3) is 0.350. The Labute approximate surface area is 161 Å². The van der Waals surface area contributed by atoms with Crippen LogP contribution < -0.4 is 19.5 Å². The minimum Gasteiger partial charge on any atom is -0.494 e. The van der Waals surface area contributed by atoms with Gasteiger partial charge in [0, 0.05) is 24.1 Å². The van der Waals surface area contributed by atoms with Gasteiger partial charge in [-0.3, -0.25) is 4.79 Å². The van der Waals surface area contributed by atoms with Gasteiger partial charge in [-0.05, 0) is 54.0 Å². The van der Waals surface area contributed by atoms with Gasteiger partial charge in [-0.2, -0.15) is 0 Å². The molecule has 0 saturated carbocycles. The van der Waals surface area contributed by atoms with E-state index in [1.807, 2.05) is 50.2 Å². The number of para-hydroxylation sites is 1. The van der Waals surface area contributed by atoms with Crippen molar-refractivity contribution in [3.63, 3.8) is 0 Å². The van der Waals surface area contributed by atoms with E-state index in [4.69, 9.17) is 14.2 Å². The number of carbonyl (C=O) groups is 1. The van der Waals surface area contributed by atoms with Crippen molar-refractivity contribution in [3.05, 3.63) is 52.0 Å². The molecule has 0 unspecified atom stereocenters. The maximum absolute atomic E-state index is 12.1. The lowest BCUT2D eigenvalue weighted by Gasteiger charge is -2.14. The molecule has 0 spiro atoms. The molecule has 2 aromatic carbocycles. The maximum atomic E-state index is 12.1. The van der Waals surface area contributed by atoms with Crippen LogP contribution in [0.25, 0.3) is 0 Å². The summed E-state index contributed by atoms with van der Waals surface area (Å²) in [4.78, 5) is 12.1. The van der Waals surface area contributed by atoms with Crippen LogP contribution in [0.15, 0.2) is 40.9 Å². The summed E-state index contributed by atoms with van der Waals surface area (Å²) in [5.74, 6) is 2.10. The summed E-state index contributed by atoms with van der Waals surface area (Å²) >= 11 is 3.40. The third-order valence-corrected chi connectivity index (χ3v) is 4.71. The monoisotopic (exact) mass is 419 g/mol. The number of hydrogen-bond donors (Lipinski definition) is 1. The minimum absolute atomic E-state index is 0.0505. The molecule has 1 aliphatic rings. The van der Waals surface area contributed by atoms with Crippen LogP contribution in [0.2, 0.25) is 0 Å². The maximum Gasteiger partial charge on any atom is 0.258 e. The van der Waals surface area contributed by atoms with Gasteiger partial charge in [-0.15, -0.1) is 0 Å². The van der Waals surface area contributed by atoms with Crippen LogP contribution in [-0.2, 0) is 17.8 Å². The molecule has 1 atom stereocenters. The van der Waals surface area contributed by atoms with Crippen LogP contribution in [-0.4, -0.2) is 25.2 Å². The van der Waals surface area contributed by atoms with Gasteiger partial charge in [0.15, 0.2) is 6.61 Å². The summed E-state index contributed by atoms with van der Waals surface area (Å²) in [6.45, 7) is 4.87. The number of fused-ring (bicyclic) bond motifs is 1. The average molecular weight is 420 g/mol. The van der Waals surface area contributed by atoms with Crippen molar-refractivity contribution in [1.29, 1.82) is 0 Å². The number of benzene rings is 2. The zero-order chi connectivity index (χ0) is 18.5. The number of halogens is 1. The van der Waals surface area contributed by atoms with Crippen molar-refractivity contribution in [3.8, 4) is 17.2 Å². The molecule has 1 aliphatic heterocycles. The molecule has 1 heterocycles. The number of nitrogens with one attached hydrogen (secondary N) is 1. The highest BCUT2D eigenvalue weighted by Gasteiger charge is 2.22. The first-order valence-corrected chi connectivity index (χ1v) is 9.45. The zero-order valence-electron chi connectivity index (χ0n) is 14.9. The molecule has 5 nitrogen and oxygen atoms in total. The van der Waals surface area contributed by atoms with E-state index < -0.39 is 0 Å². The van der Waals surface area contributed by atoms with Crippen molar-refractivity contribution < 1.29 is 19.0 Å². The second-order valence-corrected chi connectivity index (χ2v) is 6.98. The van der Waals surface area contributed by atoms with Gasteiger partial charge < -0.3 is 19.5 Å². The number of rotatable bonds is 7. The molecule has 0 fully saturated rings. The molecular weight excluding hydrogens is 398 g/mol. The van der Waals surface area contributed by atoms with Crippen LogP contribution in [0.4, 0.5) is 0 Å². The van der Waals surface area contributed by atoms with E-state index in [0.717, 1.165) is 33.5 Å². The largest absolute Gasteiger partial charge is 0.494 e. The summed E-state index contributed by atoms with van der Waals surface area (Å²) in [6, 6.07) is 11.4. The smallest absolute Gasteiger partial charge is 0.258 e. The van der Waals surface area contributed by atoms with Gasteiger partial charge in [0.05, 0.1) is 11.1 Å². The summed E-state index contributed by atoms with van der Waals surface area (Å²) < 4.78 is 17.9. The second-order valence-electron chi connectivity index (χ2n) is 6.13. The molecule has 138 valence electrons. The van der Waals surface area contributed by atoms with Crippen molar-refractivity contribution in [2.75, 3.05) is 13.2 Å². The Morgan fingerprint density at radius 3 is 2.85 bits per heavy atom. The standard InChI is InChI=1S/C20H22BrNO4/c1-3-24-18-9-14-8-13(2)26-19(14)10-15(18)11-22-20(23)12-25-17-7-5-4-6-16(17)21/h4-7,9-10,13H,3,8,11-12H2,1-2H3,(H,22,23)/t13-/m0/s1. The molecule has 0 aliphatic carbocycles. The molecule has 3 rings (SSSR count). The van der Waals surface area contributed by atoms with Gasteiger partial charge in [0.25, 0.3) is 5.91 Å². The first-order chi connectivity index (χ1) is 12.6. The molecule has 0 saturated heterocycles. The molecule has 1 N–H and O–H groups in total. The summed E-state index contributed by atoms with van der Waals surface area (Å²) in [5, 5.41) is 2.88. The summed E-state index contributed by atoms with van der Waals surface area (Å²) in [7, 11) is 0. The number of carbonyl (C=O) groups excluding carboxylic acids is 1. The molecule has 2 aromatic rings. The fourth-order valence-electron chi connectivity index (χ4n) is 2.86. The normalized spacial score (nSPS) is 15.1. The topological polar surface area (TPSA) is 56.8 Å². The van der Waals surface area contributed by atoms with Crippen molar-refractivity contribution in [2.24, 2.45) is 0 Å². The molecule has 1 amide bonds. The lowest BCUT2D eigenvalue weighted by atomic mass is 10.1. The van der Waals surface area contributed by atoms with Crippen LogP contribution in [0.3, 0.4) is 0 Å². The number of amides is 1. The van der Waals surface area contributed by atoms with Crippen LogP contribution >= 0.6 is 15.9 Å². The molecular formula is C20H22BrNO4. The van der Waals surface area contributed by atoms with E-state index >= 15 is 0 Å². The van der Waals surface area contributed by atoms with Gasteiger partial charge in [-0.25, -0.2) is 0 Å². The molecule has 26 heavy (non-hydrogen) atoms. The van der Waals surface area contributed by atoms with Crippen molar-refractivity contribution >= 4 is 21.8 Å². The van der Waals surface area contributed by atoms with Crippen molar-refractivity contribution in [1.82, 2.24) is 5.32 Å². The number of hydrogen-bond acceptors (Lipinski definition) is 4. The zero-order valence-corrected chi connectivity index (χ0v) is 16.5. The highest BCUT2D eigenvalue weighted by Crippen LogP contribution is 2.35. The van der Waals surface area contributed by atoms with Crippen molar-refractivity contribution in [2.45, 2.75) is 32.9 Å². The molecule has 0 bridgehead atoms. The first-order valence-electron chi connectivity index (χ1n) is 8.66. The highest BCUT2D eigenvalue weighted by atomic mass is 79.9. The Hall–Kier alpha value is -2.21. The molecule has 0 aromatic heterocycles. The third kappa shape index (κ3) is 4.49. The average Bonchev–Trinajstić information content (AvgIpc) is 2.98. The third-order valence-electron chi connectivity index (χ3n) is 4.05. The molecule has 0 radical (unpaired) electrons. The summed E-state index contributed by atoms with van der Waals surface area (Å²) in [5.41, 5.74) is 2.04. The minimum atomic E-state index is -0.196. The van der Waals surface area contributed by atoms with Crippen LogP contribution in [0, 0.1) is 0 Å².